The molecule has 0 radical (unpaired) electrons. The van der Waals surface area contributed by atoms with Crippen LogP contribution in [0.2, 0.25) is 0 Å². The first-order valence-electron chi connectivity index (χ1n) is 10.7. The summed E-state index contributed by atoms with van der Waals surface area (Å²) in [7, 11) is 0. The van der Waals surface area contributed by atoms with E-state index in [9.17, 15) is 9.59 Å². The Morgan fingerprint density at radius 2 is 2.13 bits per heavy atom. The Morgan fingerprint density at radius 3 is 2.83 bits per heavy atom. The minimum Gasteiger partial charge on any atom is -0.439 e. The number of Topliss-reactive ketones (excluding diaryl/α,β-unsaturated/α-hetero) is 1. The Bertz CT molecular complexity index is 961. The second-order valence-electron chi connectivity index (χ2n) is 8.54. The number of amides is 1. The highest BCUT2D eigenvalue weighted by atomic mass is 16.5. The summed E-state index contributed by atoms with van der Waals surface area (Å²) in [4.78, 5) is 30.2. The van der Waals surface area contributed by atoms with Crippen molar-refractivity contribution in [3.05, 3.63) is 59.3 Å². The van der Waals surface area contributed by atoms with E-state index in [1.807, 2.05) is 54.3 Å². The zero-order valence-corrected chi connectivity index (χ0v) is 17.6. The standard InChI is InChI=1S/C25H28N2O3/c1-17(13-18(2)28)3-4-19-7-10-24(26-15-19)30-22-8-9-23-21(14-22)11-12-27(25(23)29)16-20-5-6-20/h3-4,7-10,14-15,17,20H,5-6,11-13,16H2,1-2H3/b4-3+/t17-/m0/s1. The number of hydrogen-bond acceptors (Lipinski definition) is 4. The number of allylic oxidation sites excluding steroid dienone is 1. The number of carbonyl (C=O) groups is 2. The van der Waals surface area contributed by atoms with Crippen molar-refractivity contribution in [1.29, 1.82) is 0 Å². The fourth-order valence-electron chi connectivity index (χ4n) is 3.83. The molecule has 0 spiro atoms. The van der Waals surface area contributed by atoms with Crippen molar-refractivity contribution in [3.8, 4) is 11.6 Å². The number of fused-ring (bicyclic) bond motifs is 1. The van der Waals surface area contributed by atoms with Gasteiger partial charge in [-0.25, -0.2) is 4.98 Å². The zero-order chi connectivity index (χ0) is 21.1. The number of carbonyl (C=O) groups excluding carboxylic acids is 2. The van der Waals surface area contributed by atoms with Gasteiger partial charge >= 0.3 is 0 Å². The van der Waals surface area contributed by atoms with Crippen LogP contribution in [0.1, 0.15) is 54.6 Å². The largest absolute Gasteiger partial charge is 0.439 e. The maximum atomic E-state index is 12.7. The highest BCUT2D eigenvalue weighted by Gasteiger charge is 2.30. The zero-order valence-electron chi connectivity index (χ0n) is 17.6. The van der Waals surface area contributed by atoms with E-state index in [0.29, 0.717) is 24.0 Å². The van der Waals surface area contributed by atoms with E-state index in [1.54, 1.807) is 13.1 Å². The molecule has 0 bridgehead atoms. The van der Waals surface area contributed by atoms with Gasteiger partial charge in [0.25, 0.3) is 5.91 Å². The van der Waals surface area contributed by atoms with Crippen molar-refractivity contribution in [2.24, 2.45) is 11.8 Å². The molecule has 1 amide bonds. The van der Waals surface area contributed by atoms with E-state index in [0.717, 1.165) is 36.2 Å². The molecule has 1 saturated carbocycles. The van der Waals surface area contributed by atoms with Gasteiger partial charge in [-0.3, -0.25) is 4.79 Å². The molecule has 1 aromatic carbocycles. The number of aromatic nitrogens is 1. The highest BCUT2D eigenvalue weighted by Crippen LogP contribution is 2.32. The van der Waals surface area contributed by atoms with E-state index >= 15 is 0 Å². The van der Waals surface area contributed by atoms with E-state index in [4.69, 9.17) is 4.74 Å². The summed E-state index contributed by atoms with van der Waals surface area (Å²) in [5.41, 5.74) is 2.80. The van der Waals surface area contributed by atoms with E-state index in [2.05, 4.69) is 4.98 Å². The van der Waals surface area contributed by atoms with Crippen molar-refractivity contribution in [1.82, 2.24) is 9.88 Å². The van der Waals surface area contributed by atoms with Crippen molar-refractivity contribution < 1.29 is 14.3 Å². The third-order valence-corrected chi connectivity index (χ3v) is 5.63. The van der Waals surface area contributed by atoms with Crippen LogP contribution >= 0.6 is 0 Å². The van der Waals surface area contributed by atoms with Crippen molar-refractivity contribution >= 4 is 17.8 Å². The summed E-state index contributed by atoms with van der Waals surface area (Å²) in [6.07, 6.45) is 9.66. The van der Waals surface area contributed by atoms with Gasteiger partial charge in [-0.05, 0) is 73.4 Å². The lowest BCUT2D eigenvalue weighted by Gasteiger charge is -2.28. The molecule has 1 aliphatic heterocycles. The quantitative estimate of drug-likeness (QED) is 0.627. The Balaban J connectivity index is 1.38. The first-order valence-corrected chi connectivity index (χ1v) is 10.7. The van der Waals surface area contributed by atoms with E-state index in [-0.39, 0.29) is 17.6 Å². The summed E-state index contributed by atoms with van der Waals surface area (Å²) in [6.45, 7) is 5.32. The van der Waals surface area contributed by atoms with Gasteiger partial charge in [-0.2, -0.15) is 0 Å². The number of ether oxygens (including phenoxy) is 1. The van der Waals surface area contributed by atoms with Gasteiger partial charge in [0.2, 0.25) is 5.88 Å². The minimum absolute atomic E-state index is 0.142. The topological polar surface area (TPSA) is 59.5 Å². The Kier molecular flexibility index (Phi) is 5.98. The molecule has 30 heavy (non-hydrogen) atoms. The first-order chi connectivity index (χ1) is 14.5. The summed E-state index contributed by atoms with van der Waals surface area (Å²) in [5.74, 6) is 2.46. The predicted octanol–water partition coefficient (Wildman–Crippen LogP) is 4.91. The Morgan fingerprint density at radius 1 is 1.30 bits per heavy atom. The molecule has 0 unspecified atom stereocenters. The maximum Gasteiger partial charge on any atom is 0.254 e. The lowest BCUT2D eigenvalue weighted by molar-refractivity contribution is -0.117. The van der Waals surface area contributed by atoms with Gasteiger partial charge in [0.05, 0.1) is 0 Å². The lowest BCUT2D eigenvalue weighted by atomic mass is 9.98. The van der Waals surface area contributed by atoms with Crippen molar-refractivity contribution in [2.45, 2.75) is 39.5 Å². The molecule has 5 nitrogen and oxygen atoms in total. The van der Waals surface area contributed by atoms with Crippen LogP contribution in [0.25, 0.3) is 6.08 Å². The fraction of sp³-hybridized carbons (Fsp3) is 0.400. The number of ketones is 1. The van der Waals surface area contributed by atoms with Crippen LogP contribution in [0.3, 0.4) is 0 Å². The van der Waals surface area contributed by atoms with Gasteiger partial charge in [-0.1, -0.05) is 19.1 Å². The molecule has 156 valence electrons. The van der Waals surface area contributed by atoms with Crippen LogP contribution in [-0.2, 0) is 11.2 Å². The maximum absolute atomic E-state index is 12.7. The van der Waals surface area contributed by atoms with Gasteiger partial charge in [-0.15, -0.1) is 0 Å². The van der Waals surface area contributed by atoms with Crippen molar-refractivity contribution in [2.75, 3.05) is 13.1 Å². The summed E-state index contributed by atoms with van der Waals surface area (Å²) >= 11 is 0. The first kappa shape index (κ1) is 20.3. The second kappa shape index (κ2) is 8.82. The van der Waals surface area contributed by atoms with Gasteiger partial charge < -0.3 is 14.4 Å². The number of hydrogen-bond donors (Lipinski definition) is 0. The Hall–Kier alpha value is -2.95. The molecular formula is C25H28N2O3. The average molecular weight is 405 g/mol. The highest BCUT2D eigenvalue weighted by molar-refractivity contribution is 5.97. The molecule has 1 aromatic heterocycles. The fourth-order valence-corrected chi connectivity index (χ4v) is 3.83. The lowest BCUT2D eigenvalue weighted by Crippen LogP contribution is -2.38. The van der Waals surface area contributed by atoms with Crippen LogP contribution in [0.4, 0.5) is 0 Å². The molecule has 5 heteroatoms. The van der Waals surface area contributed by atoms with Gasteiger partial charge in [0.1, 0.15) is 11.5 Å². The predicted molar refractivity (Wildman–Crippen MR) is 117 cm³/mol. The van der Waals surface area contributed by atoms with Gasteiger partial charge in [0, 0.05) is 37.3 Å². The van der Waals surface area contributed by atoms with Crippen LogP contribution < -0.4 is 4.74 Å². The molecule has 2 aliphatic rings. The van der Waals surface area contributed by atoms with Crippen LogP contribution in [-0.4, -0.2) is 34.7 Å². The summed E-state index contributed by atoms with van der Waals surface area (Å²) < 4.78 is 5.91. The molecule has 0 saturated heterocycles. The SMILES string of the molecule is CC(=O)C[C@@H](C)/C=C/c1ccc(Oc2ccc3c(c2)CCN(CC2CC2)C3=O)nc1. The molecule has 1 aliphatic carbocycles. The van der Waals surface area contributed by atoms with Crippen molar-refractivity contribution in [3.63, 3.8) is 0 Å². The van der Waals surface area contributed by atoms with Crippen LogP contribution in [0.5, 0.6) is 11.6 Å². The van der Waals surface area contributed by atoms with E-state index in [1.165, 1.54) is 12.8 Å². The third-order valence-electron chi connectivity index (χ3n) is 5.63. The Labute approximate surface area is 177 Å². The monoisotopic (exact) mass is 404 g/mol. The van der Waals surface area contributed by atoms with E-state index < -0.39 is 0 Å². The molecule has 4 rings (SSSR count). The molecule has 1 atom stereocenters. The number of pyridine rings is 1. The van der Waals surface area contributed by atoms with Crippen LogP contribution in [0.15, 0.2) is 42.6 Å². The number of nitrogens with zero attached hydrogens (tertiary/aromatic N) is 2. The third kappa shape index (κ3) is 5.15. The summed E-state index contributed by atoms with van der Waals surface area (Å²) in [6, 6.07) is 9.45. The smallest absolute Gasteiger partial charge is 0.254 e. The molecule has 1 fully saturated rings. The average Bonchev–Trinajstić information content (AvgIpc) is 3.53. The normalized spacial score (nSPS) is 17.1. The van der Waals surface area contributed by atoms with Gasteiger partial charge in [0.15, 0.2) is 0 Å². The minimum atomic E-state index is 0.142. The second-order valence-corrected chi connectivity index (χ2v) is 8.54. The number of rotatable bonds is 8. The number of benzene rings is 1. The molecular weight excluding hydrogens is 376 g/mol. The summed E-state index contributed by atoms with van der Waals surface area (Å²) in [5, 5.41) is 0. The molecule has 2 heterocycles. The van der Waals surface area contributed by atoms with Crippen LogP contribution in [0, 0.1) is 11.8 Å². The molecule has 2 aromatic rings. The molecule has 0 N–H and O–H groups in total.